The van der Waals surface area contributed by atoms with E-state index in [0.717, 1.165) is 43.2 Å². The molecule has 2 aromatic heterocycles. The van der Waals surface area contributed by atoms with Gasteiger partial charge in [0.1, 0.15) is 0 Å². The van der Waals surface area contributed by atoms with E-state index in [1.165, 1.54) is 11.8 Å². The van der Waals surface area contributed by atoms with Gasteiger partial charge in [0, 0.05) is 30.7 Å². The SMILES string of the molecule is O=C(CSc1nc2ncc(Cl)cc2[nH]1)Nc1ccc(N2CCOCC2)cc1. The van der Waals surface area contributed by atoms with Crippen LogP contribution in [-0.4, -0.2) is 52.9 Å². The maximum absolute atomic E-state index is 12.2. The molecule has 0 spiro atoms. The Hall–Kier alpha value is -2.29. The average Bonchev–Trinajstić information content (AvgIpc) is 3.10. The van der Waals surface area contributed by atoms with Gasteiger partial charge in [0.15, 0.2) is 10.8 Å². The first kappa shape index (κ1) is 18.1. The first-order valence-corrected chi connectivity index (χ1v) is 9.90. The van der Waals surface area contributed by atoms with E-state index in [2.05, 4.69) is 25.2 Å². The molecule has 0 atom stereocenters. The Labute approximate surface area is 165 Å². The lowest BCUT2D eigenvalue weighted by molar-refractivity contribution is -0.113. The zero-order valence-electron chi connectivity index (χ0n) is 14.4. The van der Waals surface area contributed by atoms with Crippen molar-refractivity contribution in [3.8, 4) is 0 Å². The quantitative estimate of drug-likeness (QED) is 0.636. The number of pyridine rings is 1. The second-order valence-corrected chi connectivity index (χ2v) is 7.45. The summed E-state index contributed by atoms with van der Waals surface area (Å²) in [6.45, 7) is 3.28. The fourth-order valence-electron chi connectivity index (χ4n) is 2.83. The van der Waals surface area contributed by atoms with Crippen LogP contribution >= 0.6 is 23.4 Å². The minimum atomic E-state index is -0.0921. The van der Waals surface area contributed by atoms with Gasteiger partial charge >= 0.3 is 0 Å². The number of benzene rings is 1. The predicted octanol–water partition coefficient (Wildman–Crippen LogP) is 3.18. The van der Waals surface area contributed by atoms with Crippen LogP contribution in [0, 0.1) is 0 Å². The van der Waals surface area contributed by atoms with Crippen molar-refractivity contribution in [1.82, 2.24) is 15.0 Å². The molecular formula is C18H18ClN5O2S. The number of ether oxygens (including phenoxy) is 1. The van der Waals surface area contributed by atoms with Crippen LogP contribution in [0.2, 0.25) is 5.02 Å². The van der Waals surface area contributed by atoms with Crippen LogP contribution in [0.1, 0.15) is 0 Å². The van der Waals surface area contributed by atoms with Gasteiger partial charge in [0.2, 0.25) is 5.91 Å². The standard InChI is InChI=1S/C18H18ClN5O2S/c19-12-9-15-17(20-10-12)23-18(22-15)27-11-16(25)21-13-1-3-14(4-2-13)24-5-7-26-8-6-24/h1-4,9-10H,5-8,11H2,(H,21,25)(H,20,22,23). The molecule has 0 bridgehead atoms. The van der Waals surface area contributed by atoms with E-state index < -0.39 is 0 Å². The highest BCUT2D eigenvalue weighted by atomic mass is 35.5. The lowest BCUT2D eigenvalue weighted by Crippen LogP contribution is -2.36. The van der Waals surface area contributed by atoms with Crippen LogP contribution in [0.25, 0.3) is 11.2 Å². The number of thioether (sulfide) groups is 1. The van der Waals surface area contributed by atoms with Crippen molar-refractivity contribution in [2.75, 3.05) is 42.3 Å². The summed E-state index contributed by atoms with van der Waals surface area (Å²) in [4.78, 5) is 26.1. The molecule has 1 amide bonds. The second-order valence-electron chi connectivity index (χ2n) is 6.05. The molecule has 9 heteroatoms. The van der Waals surface area contributed by atoms with Gasteiger partial charge in [0.25, 0.3) is 0 Å². The molecule has 2 N–H and O–H groups in total. The maximum Gasteiger partial charge on any atom is 0.234 e. The molecular weight excluding hydrogens is 386 g/mol. The summed E-state index contributed by atoms with van der Waals surface area (Å²) in [5.41, 5.74) is 3.25. The number of H-pyrrole nitrogens is 1. The molecule has 1 saturated heterocycles. The maximum atomic E-state index is 12.2. The van der Waals surface area contributed by atoms with Gasteiger partial charge in [-0.15, -0.1) is 0 Å². The molecule has 0 unspecified atom stereocenters. The highest BCUT2D eigenvalue weighted by Gasteiger charge is 2.12. The van der Waals surface area contributed by atoms with E-state index in [1.54, 1.807) is 12.3 Å². The molecule has 27 heavy (non-hydrogen) atoms. The molecule has 0 aliphatic carbocycles. The molecule has 1 aliphatic rings. The number of carbonyl (C=O) groups excluding carboxylic acids is 1. The number of amides is 1. The van der Waals surface area contributed by atoms with Crippen LogP contribution in [-0.2, 0) is 9.53 Å². The van der Waals surface area contributed by atoms with Gasteiger partial charge < -0.3 is 19.9 Å². The Morgan fingerprint density at radius 2 is 2.07 bits per heavy atom. The number of fused-ring (bicyclic) bond motifs is 1. The van der Waals surface area contributed by atoms with E-state index in [1.807, 2.05) is 24.3 Å². The van der Waals surface area contributed by atoms with Gasteiger partial charge in [-0.05, 0) is 30.3 Å². The first-order valence-electron chi connectivity index (χ1n) is 8.54. The predicted molar refractivity (Wildman–Crippen MR) is 108 cm³/mol. The van der Waals surface area contributed by atoms with Crippen molar-refractivity contribution in [3.05, 3.63) is 41.6 Å². The van der Waals surface area contributed by atoms with Crippen molar-refractivity contribution < 1.29 is 9.53 Å². The molecule has 140 valence electrons. The van der Waals surface area contributed by atoms with Gasteiger partial charge in [0.05, 0.1) is 29.5 Å². The summed E-state index contributed by atoms with van der Waals surface area (Å²) in [5, 5.41) is 4.08. The molecule has 3 heterocycles. The fraction of sp³-hybridized carbons (Fsp3) is 0.278. The fourth-order valence-corrected chi connectivity index (χ4v) is 3.66. The Bertz CT molecular complexity index is 941. The number of rotatable bonds is 5. The zero-order valence-corrected chi connectivity index (χ0v) is 16.0. The van der Waals surface area contributed by atoms with E-state index >= 15 is 0 Å². The van der Waals surface area contributed by atoms with Gasteiger partial charge in [-0.1, -0.05) is 23.4 Å². The van der Waals surface area contributed by atoms with Crippen molar-refractivity contribution in [3.63, 3.8) is 0 Å². The third-order valence-corrected chi connectivity index (χ3v) is 5.23. The number of nitrogens with zero attached hydrogens (tertiary/aromatic N) is 3. The van der Waals surface area contributed by atoms with E-state index in [9.17, 15) is 4.79 Å². The zero-order chi connectivity index (χ0) is 18.6. The number of hydrogen-bond donors (Lipinski definition) is 2. The largest absolute Gasteiger partial charge is 0.378 e. The normalized spacial score (nSPS) is 14.5. The number of halogens is 1. The Morgan fingerprint density at radius 3 is 2.85 bits per heavy atom. The lowest BCUT2D eigenvalue weighted by Gasteiger charge is -2.28. The molecule has 7 nitrogen and oxygen atoms in total. The first-order chi connectivity index (χ1) is 13.2. The highest BCUT2D eigenvalue weighted by molar-refractivity contribution is 7.99. The number of carbonyl (C=O) groups is 1. The number of hydrogen-bond acceptors (Lipinski definition) is 6. The van der Waals surface area contributed by atoms with Crippen LogP contribution in [0.5, 0.6) is 0 Å². The van der Waals surface area contributed by atoms with Crippen molar-refractivity contribution in [1.29, 1.82) is 0 Å². The monoisotopic (exact) mass is 403 g/mol. The highest BCUT2D eigenvalue weighted by Crippen LogP contribution is 2.22. The van der Waals surface area contributed by atoms with Crippen molar-refractivity contribution in [2.24, 2.45) is 0 Å². The number of morpholine rings is 1. The molecule has 1 aliphatic heterocycles. The number of imidazole rings is 1. The third-order valence-electron chi connectivity index (χ3n) is 4.15. The summed E-state index contributed by atoms with van der Waals surface area (Å²) >= 11 is 7.24. The molecule has 1 fully saturated rings. The third kappa shape index (κ3) is 4.52. The topological polar surface area (TPSA) is 83.1 Å². The van der Waals surface area contributed by atoms with Crippen molar-refractivity contribution >= 4 is 51.8 Å². The van der Waals surface area contributed by atoms with E-state index in [0.29, 0.717) is 15.8 Å². The Morgan fingerprint density at radius 1 is 1.30 bits per heavy atom. The van der Waals surface area contributed by atoms with Gasteiger partial charge in [-0.2, -0.15) is 0 Å². The molecule has 0 saturated carbocycles. The number of anilines is 2. The van der Waals surface area contributed by atoms with Crippen LogP contribution in [0.15, 0.2) is 41.7 Å². The summed E-state index contributed by atoms with van der Waals surface area (Å²) in [7, 11) is 0. The lowest BCUT2D eigenvalue weighted by atomic mass is 10.2. The summed E-state index contributed by atoms with van der Waals surface area (Å²) in [5.74, 6) is 0.157. The van der Waals surface area contributed by atoms with Crippen LogP contribution in [0.3, 0.4) is 0 Å². The van der Waals surface area contributed by atoms with Gasteiger partial charge in [-0.25, -0.2) is 9.97 Å². The number of nitrogens with one attached hydrogen (secondary N) is 2. The van der Waals surface area contributed by atoms with E-state index in [-0.39, 0.29) is 11.7 Å². The summed E-state index contributed by atoms with van der Waals surface area (Å²) < 4.78 is 5.37. The van der Waals surface area contributed by atoms with Gasteiger partial charge in [-0.3, -0.25) is 4.79 Å². The molecule has 1 aromatic carbocycles. The second kappa shape index (κ2) is 8.16. The minimum absolute atomic E-state index is 0.0921. The van der Waals surface area contributed by atoms with E-state index in [4.69, 9.17) is 16.3 Å². The summed E-state index contributed by atoms with van der Waals surface area (Å²) in [6, 6.07) is 9.63. The Kier molecular flexibility index (Phi) is 5.47. The van der Waals surface area contributed by atoms with Crippen LogP contribution < -0.4 is 10.2 Å². The van der Waals surface area contributed by atoms with Crippen LogP contribution in [0.4, 0.5) is 11.4 Å². The molecule has 4 rings (SSSR count). The molecule has 3 aromatic rings. The van der Waals surface area contributed by atoms with Crippen molar-refractivity contribution in [2.45, 2.75) is 5.16 Å². The number of aromatic amines is 1. The number of aromatic nitrogens is 3. The Balaban J connectivity index is 1.31. The smallest absolute Gasteiger partial charge is 0.234 e. The average molecular weight is 404 g/mol. The summed E-state index contributed by atoms with van der Waals surface area (Å²) in [6.07, 6.45) is 1.55. The minimum Gasteiger partial charge on any atom is -0.378 e. The molecule has 0 radical (unpaired) electrons.